The van der Waals surface area contributed by atoms with Crippen LogP contribution in [0.4, 0.5) is 0 Å². The molecular weight excluding hydrogens is 282 g/mol. The Morgan fingerprint density at radius 2 is 1.90 bits per heavy atom. The fourth-order valence-corrected chi connectivity index (χ4v) is 3.36. The number of carboxylic acids is 1. The van der Waals surface area contributed by atoms with Crippen LogP contribution in [0.5, 0.6) is 0 Å². The van der Waals surface area contributed by atoms with Crippen LogP contribution in [0.2, 0.25) is 0 Å². The van der Waals surface area contributed by atoms with E-state index in [-0.39, 0.29) is 5.75 Å². The summed E-state index contributed by atoms with van der Waals surface area (Å²) in [4.78, 5) is 11.3. The van der Waals surface area contributed by atoms with E-state index in [1.807, 2.05) is 0 Å². The number of carboxylic acid groups (broad SMARTS) is 1. The molecule has 0 heterocycles. The Bertz CT molecular complexity index is 553. The van der Waals surface area contributed by atoms with Crippen molar-refractivity contribution in [2.75, 3.05) is 12.9 Å². The molecule has 0 amide bonds. The summed E-state index contributed by atoms with van der Waals surface area (Å²) in [5.74, 6) is -1.58. The van der Waals surface area contributed by atoms with Crippen LogP contribution in [-0.2, 0) is 19.6 Å². The van der Waals surface area contributed by atoms with Crippen molar-refractivity contribution in [1.82, 2.24) is 4.72 Å². The van der Waals surface area contributed by atoms with Gasteiger partial charge in [-0.1, -0.05) is 30.3 Å². The van der Waals surface area contributed by atoms with Crippen molar-refractivity contribution < 1.29 is 23.1 Å². The molecule has 0 saturated heterocycles. The van der Waals surface area contributed by atoms with Crippen molar-refractivity contribution in [2.24, 2.45) is 0 Å². The van der Waals surface area contributed by atoms with Gasteiger partial charge < -0.3 is 9.84 Å². The zero-order valence-electron chi connectivity index (χ0n) is 11.7. The number of hydrogen-bond acceptors (Lipinski definition) is 4. The number of sulfonamides is 1. The number of ether oxygens (including phenoxy) is 1. The standard InChI is InChI=1S/C13H19NO5S/c1-13(2,19-3)9-20(17,18)14-11(12(15)16)10-7-5-4-6-8-10/h4-8,11,14H,9H2,1-3H3,(H,15,16)/t11-/m0/s1. The van der Waals surface area contributed by atoms with Crippen molar-refractivity contribution in [2.45, 2.75) is 25.5 Å². The molecule has 0 saturated carbocycles. The van der Waals surface area contributed by atoms with Gasteiger partial charge in [0.05, 0.1) is 11.4 Å². The molecule has 0 aliphatic rings. The van der Waals surface area contributed by atoms with Gasteiger partial charge in [0.2, 0.25) is 10.0 Å². The van der Waals surface area contributed by atoms with Gasteiger partial charge in [0.25, 0.3) is 0 Å². The molecule has 0 unspecified atom stereocenters. The SMILES string of the molecule is COC(C)(C)CS(=O)(=O)N[C@H](C(=O)O)c1ccccc1. The zero-order valence-corrected chi connectivity index (χ0v) is 12.5. The van der Waals surface area contributed by atoms with E-state index in [9.17, 15) is 18.3 Å². The van der Waals surface area contributed by atoms with Crippen molar-refractivity contribution in [3.05, 3.63) is 35.9 Å². The molecule has 20 heavy (non-hydrogen) atoms. The van der Waals surface area contributed by atoms with Gasteiger partial charge in [0.15, 0.2) is 0 Å². The zero-order chi connectivity index (χ0) is 15.4. The molecule has 6 nitrogen and oxygen atoms in total. The summed E-state index contributed by atoms with van der Waals surface area (Å²) in [6.07, 6.45) is 0. The monoisotopic (exact) mass is 301 g/mol. The van der Waals surface area contributed by atoms with E-state index in [0.29, 0.717) is 5.56 Å². The lowest BCUT2D eigenvalue weighted by Gasteiger charge is -2.24. The van der Waals surface area contributed by atoms with E-state index in [0.717, 1.165) is 0 Å². The van der Waals surface area contributed by atoms with Crippen LogP contribution in [0.1, 0.15) is 25.5 Å². The Morgan fingerprint density at radius 3 is 2.35 bits per heavy atom. The first-order valence-corrected chi connectivity index (χ1v) is 7.65. The van der Waals surface area contributed by atoms with Crippen LogP contribution in [0, 0.1) is 0 Å². The summed E-state index contributed by atoms with van der Waals surface area (Å²) < 4.78 is 31.3. The van der Waals surface area contributed by atoms with Crippen molar-refractivity contribution in [1.29, 1.82) is 0 Å². The minimum Gasteiger partial charge on any atom is -0.480 e. The van der Waals surface area contributed by atoms with Gasteiger partial charge in [-0.3, -0.25) is 4.79 Å². The molecule has 0 aromatic heterocycles. The van der Waals surface area contributed by atoms with Crippen LogP contribution in [0.3, 0.4) is 0 Å². The third kappa shape index (κ3) is 4.92. The number of methoxy groups -OCH3 is 1. The first-order valence-electron chi connectivity index (χ1n) is 6.00. The number of carbonyl (C=O) groups is 1. The van der Waals surface area contributed by atoms with Crippen LogP contribution >= 0.6 is 0 Å². The lowest BCUT2D eigenvalue weighted by atomic mass is 10.1. The lowest BCUT2D eigenvalue weighted by molar-refractivity contribution is -0.139. The Hall–Kier alpha value is -1.44. The first kappa shape index (κ1) is 16.6. The molecule has 1 atom stereocenters. The second-order valence-corrected chi connectivity index (χ2v) is 6.78. The van der Waals surface area contributed by atoms with Crippen LogP contribution in [0.25, 0.3) is 0 Å². The van der Waals surface area contributed by atoms with Gasteiger partial charge >= 0.3 is 5.97 Å². The fraction of sp³-hybridized carbons (Fsp3) is 0.462. The van der Waals surface area contributed by atoms with E-state index in [4.69, 9.17) is 4.74 Å². The Kier molecular flexibility index (Phi) is 5.27. The van der Waals surface area contributed by atoms with Gasteiger partial charge in [-0.05, 0) is 19.4 Å². The molecule has 0 bridgehead atoms. The molecule has 0 aliphatic heterocycles. The van der Waals surface area contributed by atoms with Gasteiger partial charge in [0.1, 0.15) is 6.04 Å². The maximum atomic E-state index is 12.0. The molecule has 0 fully saturated rings. The minimum absolute atomic E-state index is 0.326. The molecular formula is C13H19NO5S. The second-order valence-electron chi connectivity index (χ2n) is 5.02. The van der Waals surface area contributed by atoms with E-state index in [1.54, 1.807) is 44.2 Å². The molecule has 0 radical (unpaired) electrons. The number of hydrogen-bond donors (Lipinski definition) is 2. The lowest BCUT2D eigenvalue weighted by Crippen LogP contribution is -2.42. The molecule has 1 aromatic rings. The van der Waals surface area contributed by atoms with Crippen LogP contribution < -0.4 is 4.72 Å². The number of rotatable bonds is 7. The molecule has 2 N–H and O–H groups in total. The molecule has 0 aliphatic carbocycles. The Labute approximate surface area is 118 Å². The summed E-state index contributed by atoms with van der Waals surface area (Å²) in [6, 6.07) is 6.84. The molecule has 112 valence electrons. The third-order valence-electron chi connectivity index (χ3n) is 2.77. The van der Waals surface area contributed by atoms with Crippen molar-refractivity contribution in [3.63, 3.8) is 0 Å². The Balaban J connectivity index is 2.95. The average molecular weight is 301 g/mol. The fourth-order valence-electron chi connectivity index (χ4n) is 1.64. The number of nitrogens with one attached hydrogen (secondary N) is 1. The van der Waals surface area contributed by atoms with E-state index >= 15 is 0 Å². The quantitative estimate of drug-likeness (QED) is 0.788. The van der Waals surface area contributed by atoms with Crippen molar-refractivity contribution in [3.8, 4) is 0 Å². The topological polar surface area (TPSA) is 92.7 Å². The highest BCUT2D eigenvalue weighted by Crippen LogP contribution is 2.17. The van der Waals surface area contributed by atoms with Gasteiger partial charge in [-0.2, -0.15) is 4.72 Å². The predicted octanol–water partition coefficient (Wildman–Crippen LogP) is 1.16. The first-order chi connectivity index (χ1) is 9.17. The second kappa shape index (κ2) is 6.34. The maximum Gasteiger partial charge on any atom is 0.326 e. The number of benzene rings is 1. The van der Waals surface area contributed by atoms with E-state index in [1.165, 1.54) is 7.11 Å². The van der Waals surface area contributed by atoms with E-state index < -0.39 is 27.6 Å². The Morgan fingerprint density at radius 1 is 1.35 bits per heavy atom. The normalized spacial score (nSPS) is 13.9. The summed E-state index contributed by atoms with van der Waals surface area (Å²) in [5, 5.41) is 9.19. The maximum absolute atomic E-state index is 12.0. The molecule has 1 aromatic carbocycles. The molecule has 0 spiro atoms. The minimum atomic E-state index is -3.80. The summed E-state index contributed by atoms with van der Waals surface area (Å²) in [6.45, 7) is 3.23. The van der Waals surface area contributed by atoms with Crippen LogP contribution in [-0.4, -0.2) is 38.0 Å². The largest absolute Gasteiger partial charge is 0.480 e. The smallest absolute Gasteiger partial charge is 0.326 e. The highest BCUT2D eigenvalue weighted by molar-refractivity contribution is 7.89. The van der Waals surface area contributed by atoms with E-state index in [2.05, 4.69) is 4.72 Å². The van der Waals surface area contributed by atoms with Gasteiger partial charge in [0, 0.05) is 7.11 Å². The third-order valence-corrected chi connectivity index (χ3v) is 4.44. The number of aliphatic carboxylic acids is 1. The van der Waals surface area contributed by atoms with Crippen molar-refractivity contribution >= 4 is 16.0 Å². The summed E-state index contributed by atoms with van der Waals surface area (Å²) >= 11 is 0. The van der Waals surface area contributed by atoms with Gasteiger partial charge in [-0.25, -0.2) is 8.42 Å². The highest BCUT2D eigenvalue weighted by Gasteiger charge is 2.31. The summed E-state index contributed by atoms with van der Waals surface area (Å²) in [5.41, 5.74) is -0.523. The molecule has 7 heteroatoms. The highest BCUT2D eigenvalue weighted by atomic mass is 32.2. The average Bonchev–Trinajstić information content (AvgIpc) is 2.35. The van der Waals surface area contributed by atoms with Gasteiger partial charge in [-0.15, -0.1) is 0 Å². The predicted molar refractivity (Wildman–Crippen MR) is 74.8 cm³/mol. The molecule has 1 rings (SSSR count). The van der Waals surface area contributed by atoms with Crippen LogP contribution in [0.15, 0.2) is 30.3 Å². The summed E-state index contributed by atoms with van der Waals surface area (Å²) in [7, 11) is -2.40.